The second-order valence-corrected chi connectivity index (χ2v) is 9.60. The summed E-state index contributed by atoms with van der Waals surface area (Å²) in [5.74, 6) is -1.66. The van der Waals surface area contributed by atoms with Crippen LogP contribution in [0, 0.1) is 11.8 Å². The van der Waals surface area contributed by atoms with Crippen molar-refractivity contribution in [2.75, 3.05) is 18.1 Å². The van der Waals surface area contributed by atoms with Crippen LogP contribution in [0.1, 0.15) is 25.5 Å². The summed E-state index contributed by atoms with van der Waals surface area (Å²) in [6.07, 6.45) is 0. The van der Waals surface area contributed by atoms with E-state index in [1.807, 2.05) is 18.2 Å². The normalized spacial score (nSPS) is 28.2. The number of hydrogen-bond donors (Lipinski definition) is 0. The molecular weight excluding hydrogens is 500 g/mol. The highest BCUT2D eigenvalue weighted by Crippen LogP contribution is 2.58. The number of benzene rings is 2. The Hall–Kier alpha value is -2.58. The van der Waals surface area contributed by atoms with Gasteiger partial charge in [0.15, 0.2) is 0 Å². The number of anilines is 1. The molecule has 2 aromatic rings. The molecule has 0 bridgehead atoms. The molecule has 166 valence electrons. The Morgan fingerprint density at radius 2 is 2.06 bits per heavy atom. The van der Waals surface area contributed by atoms with Gasteiger partial charge in [0, 0.05) is 21.0 Å². The lowest BCUT2D eigenvalue weighted by molar-refractivity contribution is -0.154. The molecule has 32 heavy (non-hydrogen) atoms. The number of halogens is 2. The van der Waals surface area contributed by atoms with Gasteiger partial charge in [-0.25, -0.2) is 9.69 Å². The lowest BCUT2D eigenvalue weighted by Crippen LogP contribution is -2.51. The Bertz CT molecular complexity index is 1160. The van der Waals surface area contributed by atoms with Crippen LogP contribution in [0.4, 0.5) is 10.5 Å². The van der Waals surface area contributed by atoms with E-state index >= 15 is 0 Å². The van der Waals surface area contributed by atoms with Crippen molar-refractivity contribution in [1.29, 1.82) is 0 Å². The number of urea groups is 1. The molecule has 2 saturated heterocycles. The maximum atomic E-state index is 13.8. The number of hydrogen-bond acceptors (Lipinski definition) is 5. The number of ether oxygens (including phenoxy) is 2. The summed E-state index contributed by atoms with van der Waals surface area (Å²) in [7, 11) is 0. The van der Waals surface area contributed by atoms with E-state index in [4.69, 9.17) is 21.1 Å². The van der Waals surface area contributed by atoms with E-state index in [0.717, 1.165) is 14.9 Å². The SMILES string of the molecule is CCOC(=O)C1C2COc3ccc(Br)cc3C2N2C(=O)N(c3cccc(Cl)c3)C(=O)[C@@]12C. The van der Waals surface area contributed by atoms with Crippen molar-refractivity contribution in [2.24, 2.45) is 11.8 Å². The summed E-state index contributed by atoms with van der Waals surface area (Å²) in [4.78, 5) is 43.4. The van der Waals surface area contributed by atoms with Crippen LogP contribution in [0.25, 0.3) is 0 Å². The maximum absolute atomic E-state index is 13.8. The minimum Gasteiger partial charge on any atom is -0.493 e. The minimum atomic E-state index is -1.42. The van der Waals surface area contributed by atoms with Gasteiger partial charge >= 0.3 is 12.0 Å². The molecule has 9 heteroatoms. The van der Waals surface area contributed by atoms with Crippen molar-refractivity contribution < 1.29 is 23.9 Å². The van der Waals surface area contributed by atoms with Gasteiger partial charge in [0.05, 0.1) is 30.9 Å². The first kappa shape index (κ1) is 21.3. The average molecular weight is 520 g/mol. The van der Waals surface area contributed by atoms with Gasteiger partial charge in [-0.3, -0.25) is 9.59 Å². The molecule has 3 heterocycles. The average Bonchev–Trinajstić information content (AvgIpc) is 3.13. The lowest BCUT2D eigenvalue weighted by Gasteiger charge is -2.34. The first-order valence-corrected chi connectivity index (χ1v) is 11.5. The number of rotatable bonds is 3. The Kier molecular flexibility index (Phi) is 4.98. The monoisotopic (exact) mass is 518 g/mol. The van der Waals surface area contributed by atoms with Crippen molar-refractivity contribution >= 4 is 51.1 Å². The third-order valence-corrected chi connectivity index (χ3v) is 7.31. The van der Waals surface area contributed by atoms with Gasteiger partial charge in [0.2, 0.25) is 0 Å². The number of carbonyl (C=O) groups excluding carboxylic acids is 3. The fourth-order valence-electron chi connectivity index (χ4n) is 5.31. The van der Waals surface area contributed by atoms with Crippen LogP contribution >= 0.6 is 27.5 Å². The largest absolute Gasteiger partial charge is 0.493 e. The van der Waals surface area contributed by atoms with E-state index in [0.29, 0.717) is 16.5 Å². The van der Waals surface area contributed by atoms with Crippen LogP contribution in [-0.4, -0.2) is 41.6 Å². The molecule has 0 spiro atoms. The Balaban J connectivity index is 1.70. The lowest BCUT2D eigenvalue weighted by atomic mass is 9.77. The second-order valence-electron chi connectivity index (χ2n) is 8.25. The summed E-state index contributed by atoms with van der Waals surface area (Å²) in [6, 6.07) is 11.1. The van der Waals surface area contributed by atoms with Crippen molar-refractivity contribution in [2.45, 2.75) is 25.4 Å². The summed E-state index contributed by atoms with van der Waals surface area (Å²) < 4.78 is 12.1. The van der Waals surface area contributed by atoms with Crippen LogP contribution in [0.3, 0.4) is 0 Å². The van der Waals surface area contributed by atoms with Gasteiger partial charge in [-0.1, -0.05) is 33.6 Å². The number of fused-ring (bicyclic) bond motifs is 5. The van der Waals surface area contributed by atoms with E-state index in [2.05, 4.69) is 15.9 Å². The highest BCUT2D eigenvalue weighted by atomic mass is 79.9. The number of amides is 3. The highest BCUT2D eigenvalue weighted by Gasteiger charge is 2.72. The maximum Gasteiger partial charge on any atom is 0.332 e. The van der Waals surface area contributed by atoms with E-state index in [-0.39, 0.29) is 13.2 Å². The summed E-state index contributed by atoms with van der Waals surface area (Å²) in [6.45, 7) is 3.74. The zero-order valence-electron chi connectivity index (χ0n) is 17.4. The number of imide groups is 1. The molecular formula is C23H20BrClN2O5. The molecule has 5 rings (SSSR count). The second kappa shape index (κ2) is 7.49. The van der Waals surface area contributed by atoms with Gasteiger partial charge in [-0.05, 0) is 50.2 Å². The molecule has 0 radical (unpaired) electrons. The van der Waals surface area contributed by atoms with Gasteiger partial charge in [-0.2, -0.15) is 0 Å². The van der Waals surface area contributed by atoms with Gasteiger partial charge in [0.1, 0.15) is 11.3 Å². The molecule has 0 aliphatic carbocycles. The van der Waals surface area contributed by atoms with Crippen molar-refractivity contribution in [3.8, 4) is 5.75 Å². The predicted molar refractivity (Wildman–Crippen MR) is 121 cm³/mol. The quantitative estimate of drug-likeness (QED) is 0.439. The molecule has 3 aliphatic rings. The summed E-state index contributed by atoms with van der Waals surface area (Å²) >= 11 is 9.61. The molecule has 7 nitrogen and oxygen atoms in total. The minimum absolute atomic E-state index is 0.173. The topological polar surface area (TPSA) is 76.2 Å². The number of carbonyl (C=O) groups is 3. The third-order valence-electron chi connectivity index (χ3n) is 6.58. The number of nitrogens with zero attached hydrogens (tertiary/aromatic N) is 2. The Morgan fingerprint density at radius 1 is 1.28 bits per heavy atom. The molecule has 0 aromatic heterocycles. The fourth-order valence-corrected chi connectivity index (χ4v) is 5.87. The zero-order chi connectivity index (χ0) is 22.8. The first-order valence-electron chi connectivity index (χ1n) is 10.3. The van der Waals surface area contributed by atoms with Crippen LogP contribution in [-0.2, 0) is 14.3 Å². The molecule has 2 fully saturated rings. The van der Waals surface area contributed by atoms with Gasteiger partial charge in [0.25, 0.3) is 5.91 Å². The Labute approximate surface area is 198 Å². The van der Waals surface area contributed by atoms with E-state index in [9.17, 15) is 14.4 Å². The van der Waals surface area contributed by atoms with Crippen LogP contribution in [0.15, 0.2) is 46.9 Å². The van der Waals surface area contributed by atoms with Crippen LogP contribution < -0.4 is 9.64 Å². The van der Waals surface area contributed by atoms with Crippen molar-refractivity contribution in [1.82, 2.24) is 4.90 Å². The summed E-state index contributed by atoms with van der Waals surface area (Å²) in [5, 5.41) is 0.403. The van der Waals surface area contributed by atoms with Crippen molar-refractivity contribution in [3.05, 3.63) is 57.5 Å². The zero-order valence-corrected chi connectivity index (χ0v) is 19.7. The van der Waals surface area contributed by atoms with E-state index < -0.39 is 41.3 Å². The predicted octanol–water partition coefficient (Wildman–Crippen LogP) is 4.57. The molecule has 0 saturated carbocycles. The molecule has 4 atom stereocenters. The third kappa shape index (κ3) is 2.82. The molecule has 3 amide bonds. The first-order chi connectivity index (χ1) is 15.3. The molecule has 3 aliphatic heterocycles. The Morgan fingerprint density at radius 3 is 2.78 bits per heavy atom. The fraction of sp³-hybridized carbons (Fsp3) is 0.348. The summed E-state index contributed by atoms with van der Waals surface area (Å²) in [5.41, 5.74) is -0.305. The molecule has 0 N–H and O–H groups in total. The van der Waals surface area contributed by atoms with E-state index in [1.165, 1.54) is 4.90 Å². The van der Waals surface area contributed by atoms with Crippen LogP contribution in [0.5, 0.6) is 5.75 Å². The van der Waals surface area contributed by atoms with Gasteiger partial charge < -0.3 is 14.4 Å². The van der Waals surface area contributed by atoms with E-state index in [1.54, 1.807) is 38.1 Å². The van der Waals surface area contributed by atoms with Crippen LogP contribution in [0.2, 0.25) is 5.02 Å². The van der Waals surface area contributed by atoms with Crippen molar-refractivity contribution in [3.63, 3.8) is 0 Å². The highest BCUT2D eigenvalue weighted by molar-refractivity contribution is 9.10. The molecule has 3 unspecified atom stereocenters. The number of esters is 1. The smallest absolute Gasteiger partial charge is 0.332 e. The molecule has 2 aromatic carbocycles. The van der Waals surface area contributed by atoms with Gasteiger partial charge in [-0.15, -0.1) is 0 Å². The standard InChI is InChI=1S/C23H20BrClN2O5/c1-3-31-20(28)18-16-11-32-17-8-7-12(24)9-15(17)19(16)27-22(30)26(21(29)23(18,27)2)14-6-4-5-13(25)10-14/h4-10,16,18-19H,3,11H2,1-2H3/t16?,18?,19?,23-/m1/s1.